The molecule has 2 aromatic carbocycles. The summed E-state index contributed by atoms with van der Waals surface area (Å²) >= 11 is 6.15. The number of likely N-dealkylation sites (N-methyl/N-ethyl adjacent to an activating group) is 1. The van der Waals surface area contributed by atoms with Gasteiger partial charge in [-0.1, -0.05) is 17.7 Å². The molecule has 5 rings (SSSR count). The minimum atomic E-state index is -0.736. The Morgan fingerprint density at radius 2 is 2.00 bits per heavy atom. The van der Waals surface area contributed by atoms with Gasteiger partial charge in [0.25, 0.3) is 5.91 Å². The lowest BCUT2D eigenvalue weighted by atomic mass is 9.84. The van der Waals surface area contributed by atoms with Crippen molar-refractivity contribution in [3.05, 3.63) is 58.1 Å². The van der Waals surface area contributed by atoms with Crippen LogP contribution in [-0.2, 0) is 16.9 Å². The Morgan fingerprint density at radius 1 is 1.22 bits per heavy atom. The standard InChI is InChI=1S/C28H36ClN3O5/c1-30(2)21-7-10-32(15-21)27(35)24-5-4-22(33)14-26(24)36-18-23(34)16-31-11-8-28(9-12-31)25-6-3-20(29)13-19(25)17-37-28/h3-6,13-14,21,23,33-34H,7-12,15-18H2,1-2H3/t21?,23-/m0/s1. The molecule has 2 fully saturated rings. The molecule has 0 aliphatic carbocycles. The number of aromatic hydroxyl groups is 1. The van der Waals surface area contributed by atoms with Crippen LogP contribution in [0.2, 0.25) is 5.02 Å². The molecular weight excluding hydrogens is 494 g/mol. The van der Waals surface area contributed by atoms with Crippen LogP contribution in [0.1, 0.15) is 40.7 Å². The monoisotopic (exact) mass is 529 g/mol. The van der Waals surface area contributed by atoms with Gasteiger partial charge in [-0.2, -0.15) is 0 Å². The summed E-state index contributed by atoms with van der Waals surface area (Å²) in [5.74, 6) is 0.200. The predicted molar refractivity (Wildman–Crippen MR) is 141 cm³/mol. The Hall–Kier alpha value is -2.36. The molecule has 3 aliphatic rings. The van der Waals surface area contributed by atoms with Gasteiger partial charge in [-0.3, -0.25) is 4.79 Å². The smallest absolute Gasteiger partial charge is 0.257 e. The molecule has 3 aliphatic heterocycles. The summed E-state index contributed by atoms with van der Waals surface area (Å²) in [4.78, 5) is 19.4. The van der Waals surface area contributed by atoms with Gasteiger partial charge in [-0.15, -0.1) is 0 Å². The maximum absolute atomic E-state index is 13.2. The fourth-order valence-corrected chi connectivity index (χ4v) is 5.99. The van der Waals surface area contributed by atoms with Crippen LogP contribution in [0.3, 0.4) is 0 Å². The summed E-state index contributed by atoms with van der Waals surface area (Å²) in [7, 11) is 4.04. The number of halogens is 1. The maximum atomic E-state index is 13.2. The molecule has 0 saturated carbocycles. The summed E-state index contributed by atoms with van der Waals surface area (Å²) in [6.45, 7) is 4.03. The number of nitrogens with zero attached hydrogens (tertiary/aromatic N) is 3. The quantitative estimate of drug-likeness (QED) is 0.570. The highest BCUT2D eigenvalue weighted by Gasteiger charge is 2.42. The zero-order chi connectivity index (χ0) is 26.2. The fraction of sp³-hybridized carbons (Fsp3) is 0.536. The van der Waals surface area contributed by atoms with Crippen molar-refractivity contribution in [2.24, 2.45) is 0 Å². The van der Waals surface area contributed by atoms with Gasteiger partial charge in [0.15, 0.2) is 0 Å². The van der Waals surface area contributed by atoms with E-state index >= 15 is 0 Å². The minimum Gasteiger partial charge on any atom is -0.508 e. The first-order valence-electron chi connectivity index (χ1n) is 13.0. The van der Waals surface area contributed by atoms with Gasteiger partial charge in [0.2, 0.25) is 0 Å². The van der Waals surface area contributed by atoms with Crippen LogP contribution in [-0.4, -0.2) is 96.4 Å². The number of fused-ring (bicyclic) bond motifs is 2. The van der Waals surface area contributed by atoms with Gasteiger partial charge in [0.1, 0.15) is 24.2 Å². The van der Waals surface area contributed by atoms with Crippen LogP contribution >= 0.6 is 11.6 Å². The molecule has 1 spiro atoms. The molecule has 3 heterocycles. The van der Waals surface area contributed by atoms with E-state index in [1.54, 1.807) is 6.07 Å². The maximum Gasteiger partial charge on any atom is 0.257 e. The number of hydrogen-bond donors (Lipinski definition) is 2. The van der Waals surface area contributed by atoms with E-state index in [1.165, 1.54) is 17.7 Å². The first-order valence-corrected chi connectivity index (χ1v) is 13.4. The minimum absolute atomic E-state index is 0.0214. The van der Waals surface area contributed by atoms with E-state index in [0.717, 1.165) is 42.9 Å². The topological polar surface area (TPSA) is 85.7 Å². The molecule has 37 heavy (non-hydrogen) atoms. The first kappa shape index (κ1) is 26.3. The molecule has 0 bridgehead atoms. The summed E-state index contributed by atoms with van der Waals surface area (Å²) < 4.78 is 12.1. The van der Waals surface area contributed by atoms with Crippen molar-refractivity contribution in [2.75, 3.05) is 53.4 Å². The summed E-state index contributed by atoms with van der Waals surface area (Å²) in [6, 6.07) is 10.9. The molecule has 2 N–H and O–H groups in total. The van der Waals surface area contributed by atoms with Crippen LogP contribution in [0.4, 0.5) is 0 Å². The van der Waals surface area contributed by atoms with Crippen molar-refractivity contribution in [3.63, 3.8) is 0 Å². The molecule has 2 aromatic rings. The number of phenols is 1. The molecule has 1 unspecified atom stereocenters. The number of ether oxygens (including phenoxy) is 2. The van der Waals surface area contributed by atoms with Crippen LogP contribution in [0.5, 0.6) is 11.5 Å². The Balaban J connectivity index is 1.15. The normalized spacial score (nSPS) is 22.0. The third-order valence-electron chi connectivity index (χ3n) is 8.00. The number of phenolic OH excluding ortho intramolecular Hbond substituents is 1. The van der Waals surface area contributed by atoms with Crippen molar-refractivity contribution in [3.8, 4) is 11.5 Å². The number of aliphatic hydroxyl groups is 1. The summed E-state index contributed by atoms with van der Waals surface area (Å²) in [5.41, 5.74) is 2.53. The van der Waals surface area contributed by atoms with E-state index in [9.17, 15) is 15.0 Å². The first-order chi connectivity index (χ1) is 17.7. The molecule has 0 radical (unpaired) electrons. The van der Waals surface area contributed by atoms with E-state index in [4.69, 9.17) is 21.1 Å². The number of carbonyl (C=O) groups excluding carboxylic acids is 1. The van der Waals surface area contributed by atoms with Crippen molar-refractivity contribution in [1.82, 2.24) is 14.7 Å². The second-order valence-corrected chi connectivity index (χ2v) is 11.1. The van der Waals surface area contributed by atoms with Gasteiger partial charge in [0, 0.05) is 49.9 Å². The van der Waals surface area contributed by atoms with Crippen molar-refractivity contribution in [2.45, 2.75) is 43.6 Å². The summed E-state index contributed by atoms with van der Waals surface area (Å²) in [5, 5.41) is 21.5. The Morgan fingerprint density at radius 3 is 2.73 bits per heavy atom. The second kappa shape index (κ2) is 10.8. The van der Waals surface area contributed by atoms with Gasteiger partial charge >= 0.3 is 0 Å². The van der Waals surface area contributed by atoms with E-state index in [-0.39, 0.29) is 23.9 Å². The molecule has 1 amide bonds. The number of piperidine rings is 1. The van der Waals surface area contributed by atoms with E-state index in [1.807, 2.05) is 31.1 Å². The average molecular weight is 530 g/mol. The molecule has 200 valence electrons. The third-order valence-corrected chi connectivity index (χ3v) is 8.24. The van der Waals surface area contributed by atoms with Gasteiger partial charge in [-0.25, -0.2) is 0 Å². The highest BCUT2D eigenvalue weighted by molar-refractivity contribution is 6.30. The van der Waals surface area contributed by atoms with Crippen LogP contribution in [0, 0.1) is 0 Å². The Kier molecular flexibility index (Phi) is 7.65. The van der Waals surface area contributed by atoms with Gasteiger partial charge < -0.3 is 34.4 Å². The molecular formula is C28H36ClN3O5. The van der Waals surface area contributed by atoms with Gasteiger partial charge in [-0.05, 0) is 68.8 Å². The number of likely N-dealkylation sites (tertiary alicyclic amines) is 2. The zero-order valence-electron chi connectivity index (χ0n) is 21.5. The number of amides is 1. The lowest BCUT2D eigenvalue weighted by Gasteiger charge is -2.39. The number of hydrogen-bond acceptors (Lipinski definition) is 7. The SMILES string of the molecule is CN(C)C1CCN(C(=O)c2ccc(O)cc2OC[C@@H](O)CN2CCC3(CC2)OCc2cc(Cl)ccc23)C1. The van der Waals surface area contributed by atoms with Crippen molar-refractivity contribution in [1.29, 1.82) is 0 Å². The Labute approximate surface area is 223 Å². The zero-order valence-corrected chi connectivity index (χ0v) is 22.3. The fourth-order valence-electron chi connectivity index (χ4n) is 5.79. The van der Waals surface area contributed by atoms with E-state index < -0.39 is 6.10 Å². The molecule has 9 heteroatoms. The van der Waals surface area contributed by atoms with Crippen molar-refractivity contribution < 1.29 is 24.5 Å². The van der Waals surface area contributed by atoms with Crippen LogP contribution < -0.4 is 4.74 Å². The highest BCUT2D eigenvalue weighted by atomic mass is 35.5. The lowest BCUT2D eigenvalue weighted by Crippen LogP contribution is -2.46. The van der Waals surface area contributed by atoms with Crippen LogP contribution in [0.25, 0.3) is 0 Å². The predicted octanol–water partition coefficient (Wildman–Crippen LogP) is 3.08. The van der Waals surface area contributed by atoms with Crippen molar-refractivity contribution >= 4 is 17.5 Å². The van der Waals surface area contributed by atoms with E-state index in [0.29, 0.717) is 43.6 Å². The molecule has 2 atom stereocenters. The lowest BCUT2D eigenvalue weighted by molar-refractivity contribution is -0.0835. The third kappa shape index (κ3) is 5.59. The second-order valence-electron chi connectivity index (χ2n) is 10.7. The van der Waals surface area contributed by atoms with Gasteiger partial charge in [0.05, 0.1) is 17.8 Å². The molecule has 8 nitrogen and oxygen atoms in total. The van der Waals surface area contributed by atoms with E-state index in [2.05, 4.69) is 15.9 Å². The largest absolute Gasteiger partial charge is 0.508 e. The summed E-state index contributed by atoms with van der Waals surface area (Å²) in [6.07, 6.45) is 1.89. The number of carbonyl (C=O) groups is 1. The average Bonchev–Trinajstić information content (AvgIpc) is 3.50. The number of rotatable bonds is 7. The number of β-amino-alcohol motifs (C(OH)–C–C–N with tert-alkyl or cyclic N) is 1. The Bertz CT molecular complexity index is 1130. The number of benzene rings is 2. The van der Waals surface area contributed by atoms with Crippen LogP contribution in [0.15, 0.2) is 36.4 Å². The molecule has 2 saturated heterocycles. The molecule has 0 aromatic heterocycles. The number of aliphatic hydroxyl groups excluding tert-OH is 1. The highest BCUT2D eigenvalue weighted by Crippen LogP contribution is 2.44.